The fourth-order valence-electron chi connectivity index (χ4n) is 2.46. The Morgan fingerprint density at radius 2 is 2.06 bits per heavy atom. The molecule has 0 aliphatic heterocycles. The van der Waals surface area contributed by atoms with Gasteiger partial charge in [-0.1, -0.05) is 6.42 Å². The maximum absolute atomic E-state index is 12.0. The zero-order chi connectivity index (χ0) is 13.1. The first-order chi connectivity index (χ1) is 7.86. The lowest BCUT2D eigenvalue weighted by atomic mass is 9.84. The summed E-state index contributed by atoms with van der Waals surface area (Å²) in [5.74, 6) is -0.0924. The molecule has 3 atom stereocenters. The van der Waals surface area contributed by atoms with E-state index in [1.54, 1.807) is 6.92 Å². The molecule has 0 heterocycles. The highest BCUT2D eigenvalue weighted by Crippen LogP contribution is 2.30. The Morgan fingerprint density at radius 1 is 1.41 bits per heavy atom. The van der Waals surface area contributed by atoms with Crippen LogP contribution < -0.4 is 0 Å². The van der Waals surface area contributed by atoms with Gasteiger partial charge in [0.2, 0.25) is 0 Å². The van der Waals surface area contributed by atoms with Crippen LogP contribution in [0.3, 0.4) is 0 Å². The molecular weight excluding hydrogens is 240 g/mol. The summed E-state index contributed by atoms with van der Waals surface area (Å²) >= 11 is 0. The van der Waals surface area contributed by atoms with Crippen LogP contribution >= 0.6 is 0 Å². The van der Waals surface area contributed by atoms with Gasteiger partial charge in [-0.3, -0.25) is 4.79 Å². The van der Waals surface area contributed by atoms with Gasteiger partial charge in [0.25, 0.3) is 0 Å². The average molecular weight is 262 g/mol. The average Bonchev–Trinajstić information content (AvgIpc) is 2.27. The van der Waals surface area contributed by atoms with E-state index in [1.165, 1.54) is 6.26 Å². The molecule has 0 saturated heterocycles. The van der Waals surface area contributed by atoms with Crippen molar-refractivity contribution in [2.45, 2.75) is 50.9 Å². The summed E-state index contributed by atoms with van der Waals surface area (Å²) in [5.41, 5.74) is 0. The minimum Gasteiger partial charge on any atom is -0.371 e. The molecule has 0 N–H and O–H groups in total. The van der Waals surface area contributed by atoms with Gasteiger partial charge in [0.15, 0.2) is 5.78 Å². The number of carbonyl (C=O) groups is 1. The monoisotopic (exact) mass is 262 g/mol. The topological polar surface area (TPSA) is 60.4 Å². The molecular formula is C12H22O4S. The minimum absolute atomic E-state index is 0.0557. The van der Waals surface area contributed by atoms with Crippen molar-refractivity contribution in [1.82, 2.24) is 0 Å². The summed E-state index contributed by atoms with van der Waals surface area (Å²) in [6.45, 7) is 4.11. The molecule has 100 valence electrons. The van der Waals surface area contributed by atoms with E-state index in [9.17, 15) is 13.2 Å². The van der Waals surface area contributed by atoms with Gasteiger partial charge in [0.05, 0.1) is 5.25 Å². The SMILES string of the molecule is CCOC(C)C(=O)C1CCCC(S(C)(=O)=O)C1. The van der Waals surface area contributed by atoms with Crippen LogP contribution in [0.4, 0.5) is 0 Å². The zero-order valence-electron chi connectivity index (χ0n) is 10.8. The van der Waals surface area contributed by atoms with Crippen molar-refractivity contribution in [1.29, 1.82) is 0 Å². The zero-order valence-corrected chi connectivity index (χ0v) is 11.6. The number of ketones is 1. The van der Waals surface area contributed by atoms with Gasteiger partial charge in [-0.2, -0.15) is 0 Å². The van der Waals surface area contributed by atoms with Gasteiger partial charge in [-0.05, 0) is 33.1 Å². The van der Waals surface area contributed by atoms with Crippen molar-refractivity contribution in [2.24, 2.45) is 5.92 Å². The maximum Gasteiger partial charge on any atom is 0.164 e. The molecule has 1 aliphatic rings. The van der Waals surface area contributed by atoms with E-state index < -0.39 is 15.9 Å². The number of sulfone groups is 1. The maximum atomic E-state index is 12.0. The van der Waals surface area contributed by atoms with E-state index in [0.29, 0.717) is 19.4 Å². The summed E-state index contributed by atoms with van der Waals surface area (Å²) in [5, 5.41) is -0.348. The Hall–Kier alpha value is -0.420. The third-order valence-corrected chi connectivity index (χ3v) is 5.09. The Morgan fingerprint density at radius 3 is 2.59 bits per heavy atom. The summed E-state index contributed by atoms with van der Waals surface area (Å²) in [4.78, 5) is 12.0. The van der Waals surface area contributed by atoms with Crippen LogP contribution in [0.2, 0.25) is 0 Å². The smallest absolute Gasteiger partial charge is 0.164 e. The molecule has 4 nitrogen and oxygen atoms in total. The molecule has 17 heavy (non-hydrogen) atoms. The van der Waals surface area contributed by atoms with Crippen molar-refractivity contribution in [2.75, 3.05) is 12.9 Å². The Kier molecular flexibility index (Phi) is 5.13. The van der Waals surface area contributed by atoms with Crippen LogP contribution in [-0.2, 0) is 19.4 Å². The van der Waals surface area contributed by atoms with Crippen LogP contribution in [0.5, 0.6) is 0 Å². The number of ether oxygens (including phenoxy) is 1. The van der Waals surface area contributed by atoms with Crippen LogP contribution in [-0.4, -0.2) is 38.4 Å². The van der Waals surface area contributed by atoms with E-state index in [4.69, 9.17) is 4.74 Å². The highest BCUT2D eigenvalue weighted by Gasteiger charge is 2.34. The molecule has 0 spiro atoms. The first-order valence-corrected chi connectivity index (χ1v) is 8.16. The number of hydrogen-bond donors (Lipinski definition) is 0. The molecule has 1 fully saturated rings. The normalized spacial score (nSPS) is 27.7. The highest BCUT2D eigenvalue weighted by molar-refractivity contribution is 7.91. The fourth-order valence-corrected chi connectivity index (χ4v) is 3.63. The van der Waals surface area contributed by atoms with Crippen molar-refractivity contribution >= 4 is 15.6 Å². The lowest BCUT2D eigenvalue weighted by molar-refractivity contribution is -0.134. The van der Waals surface area contributed by atoms with Crippen molar-refractivity contribution in [3.05, 3.63) is 0 Å². The standard InChI is InChI=1S/C12H22O4S/c1-4-16-9(2)12(13)10-6-5-7-11(8-10)17(3,14)15/h9-11H,4-8H2,1-3H3. The summed E-state index contributed by atoms with van der Waals surface area (Å²) < 4.78 is 28.3. The second kappa shape index (κ2) is 5.96. The first kappa shape index (κ1) is 14.6. The largest absolute Gasteiger partial charge is 0.371 e. The van der Waals surface area contributed by atoms with Crippen LogP contribution in [0.15, 0.2) is 0 Å². The molecule has 1 rings (SSSR count). The first-order valence-electron chi connectivity index (χ1n) is 6.20. The molecule has 1 saturated carbocycles. The van der Waals surface area contributed by atoms with E-state index in [-0.39, 0.29) is 17.0 Å². The number of rotatable bonds is 5. The molecule has 3 unspecified atom stereocenters. The van der Waals surface area contributed by atoms with E-state index >= 15 is 0 Å². The van der Waals surface area contributed by atoms with Gasteiger partial charge in [-0.25, -0.2) is 8.42 Å². The van der Waals surface area contributed by atoms with Gasteiger partial charge in [0.1, 0.15) is 15.9 Å². The molecule has 0 amide bonds. The molecule has 0 aromatic heterocycles. The third-order valence-electron chi connectivity index (χ3n) is 3.45. The Balaban J connectivity index is 2.64. The summed E-state index contributed by atoms with van der Waals surface area (Å²) in [6, 6.07) is 0. The van der Waals surface area contributed by atoms with Crippen LogP contribution in [0.25, 0.3) is 0 Å². The fraction of sp³-hybridized carbons (Fsp3) is 0.917. The number of carbonyl (C=O) groups excluding carboxylic acids is 1. The van der Waals surface area contributed by atoms with Crippen LogP contribution in [0, 0.1) is 5.92 Å². The molecule has 0 radical (unpaired) electrons. The van der Waals surface area contributed by atoms with Crippen molar-refractivity contribution in [3.63, 3.8) is 0 Å². The van der Waals surface area contributed by atoms with Gasteiger partial charge in [-0.15, -0.1) is 0 Å². The second-order valence-electron chi connectivity index (χ2n) is 4.82. The van der Waals surface area contributed by atoms with Gasteiger partial charge >= 0.3 is 0 Å². The molecule has 0 aromatic carbocycles. The van der Waals surface area contributed by atoms with Gasteiger partial charge < -0.3 is 4.74 Å². The summed E-state index contributed by atoms with van der Waals surface area (Å²) in [7, 11) is -3.02. The molecule has 1 aliphatic carbocycles. The van der Waals surface area contributed by atoms with Crippen molar-refractivity contribution < 1.29 is 17.9 Å². The predicted molar refractivity (Wildman–Crippen MR) is 66.7 cm³/mol. The van der Waals surface area contributed by atoms with Crippen molar-refractivity contribution in [3.8, 4) is 0 Å². The lowest BCUT2D eigenvalue weighted by Crippen LogP contribution is -2.35. The van der Waals surface area contributed by atoms with E-state index in [2.05, 4.69) is 0 Å². The Bertz CT molecular complexity index is 361. The lowest BCUT2D eigenvalue weighted by Gasteiger charge is -2.28. The van der Waals surface area contributed by atoms with Crippen LogP contribution in [0.1, 0.15) is 39.5 Å². The summed E-state index contributed by atoms with van der Waals surface area (Å²) in [6.07, 6.45) is 3.61. The van der Waals surface area contributed by atoms with E-state index in [1.807, 2.05) is 6.92 Å². The van der Waals surface area contributed by atoms with E-state index in [0.717, 1.165) is 12.8 Å². The quantitative estimate of drug-likeness (QED) is 0.755. The number of hydrogen-bond acceptors (Lipinski definition) is 4. The highest BCUT2D eigenvalue weighted by atomic mass is 32.2. The Labute approximate surface area is 104 Å². The van der Waals surface area contributed by atoms with Gasteiger partial charge in [0, 0.05) is 18.8 Å². The molecule has 0 bridgehead atoms. The molecule has 0 aromatic rings. The second-order valence-corrected chi connectivity index (χ2v) is 7.14. The third kappa shape index (κ3) is 4.07. The molecule has 5 heteroatoms. The minimum atomic E-state index is -3.02. The number of Topliss-reactive ketones (excluding diaryl/α,β-unsaturated/α-hetero) is 1. The predicted octanol–water partition coefficient (Wildman–Crippen LogP) is 1.58.